The molecule has 1 heterocycles. The summed E-state index contributed by atoms with van der Waals surface area (Å²) in [5.41, 5.74) is 0. The van der Waals surface area contributed by atoms with E-state index in [1.165, 1.54) is 19.3 Å². The standard InChI is InChI=1S/C14H26N2O2/c1-11(17)10-13-8-4-5-9-16(13)14(18)15-12-6-2-3-7-12/h11-13,17H,2-10H2,1H3,(H,15,18). The first-order valence-corrected chi connectivity index (χ1v) is 7.42. The Hall–Kier alpha value is -0.770. The lowest BCUT2D eigenvalue weighted by Gasteiger charge is -2.37. The maximum Gasteiger partial charge on any atom is 0.317 e. The van der Waals surface area contributed by atoms with Gasteiger partial charge in [0.2, 0.25) is 0 Å². The van der Waals surface area contributed by atoms with E-state index < -0.39 is 0 Å². The Balaban J connectivity index is 1.88. The van der Waals surface area contributed by atoms with Crippen molar-refractivity contribution in [1.82, 2.24) is 10.2 Å². The molecule has 1 aliphatic heterocycles. The molecule has 4 nitrogen and oxygen atoms in total. The van der Waals surface area contributed by atoms with E-state index in [1.807, 2.05) is 11.8 Å². The van der Waals surface area contributed by atoms with Crippen molar-refractivity contribution in [3.63, 3.8) is 0 Å². The molecule has 0 aromatic rings. The molecule has 2 atom stereocenters. The topological polar surface area (TPSA) is 52.6 Å². The molecular formula is C14H26N2O2. The fourth-order valence-electron chi connectivity index (χ4n) is 3.23. The Labute approximate surface area is 110 Å². The van der Waals surface area contributed by atoms with Crippen LogP contribution in [0, 0.1) is 0 Å². The number of carbonyl (C=O) groups is 1. The SMILES string of the molecule is CC(O)CC1CCCCN1C(=O)NC1CCCC1. The van der Waals surface area contributed by atoms with Gasteiger partial charge in [0.25, 0.3) is 0 Å². The highest BCUT2D eigenvalue weighted by molar-refractivity contribution is 5.75. The van der Waals surface area contributed by atoms with Crippen LogP contribution in [0.25, 0.3) is 0 Å². The van der Waals surface area contributed by atoms with Gasteiger partial charge in [-0.25, -0.2) is 4.79 Å². The van der Waals surface area contributed by atoms with Crippen molar-refractivity contribution in [1.29, 1.82) is 0 Å². The van der Waals surface area contributed by atoms with Gasteiger partial charge in [-0.15, -0.1) is 0 Å². The molecule has 1 saturated heterocycles. The van der Waals surface area contributed by atoms with Crippen molar-refractivity contribution in [2.24, 2.45) is 0 Å². The summed E-state index contributed by atoms with van der Waals surface area (Å²) in [5, 5.41) is 12.7. The minimum Gasteiger partial charge on any atom is -0.393 e. The van der Waals surface area contributed by atoms with Gasteiger partial charge in [0.15, 0.2) is 0 Å². The summed E-state index contributed by atoms with van der Waals surface area (Å²) in [6.45, 7) is 2.65. The highest BCUT2D eigenvalue weighted by Crippen LogP contribution is 2.23. The molecule has 0 aromatic heterocycles. The first-order chi connectivity index (χ1) is 8.66. The van der Waals surface area contributed by atoms with E-state index in [2.05, 4.69) is 5.32 Å². The van der Waals surface area contributed by atoms with Gasteiger partial charge in [0.05, 0.1) is 6.10 Å². The second-order valence-corrected chi connectivity index (χ2v) is 5.86. The van der Waals surface area contributed by atoms with Crippen molar-refractivity contribution in [2.45, 2.75) is 76.5 Å². The van der Waals surface area contributed by atoms with E-state index >= 15 is 0 Å². The van der Waals surface area contributed by atoms with Gasteiger partial charge >= 0.3 is 6.03 Å². The Morgan fingerprint density at radius 2 is 1.94 bits per heavy atom. The third-order valence-electron chi connectivity index (χ3n) is 4.18. The zero-order chi connectivity index (χ0) is 13.0. The highest BCUT2D eigenvalue weighted by Gasteiger charge is 2.29. The normalized spacial score (nSPS) is 27.2. The summed E-state index contributed by atoms with van der Waals surface area (Å²) in [6, 6.07) is 0.694. The first kappa shape index (κ1) is 13.7. The van der Waals surface area contributed by atoms with Gasteiger partial charge in [-0.2, -0.15) is 0 Å². The number of amides is 2. The molecule has 0 bridgehead atoms. The molecule has 4 heteroatoms. The van der Waals surface area contributed by atoms with E-state index in [0.717, 1.165) is 32.2 Å². The molecule has 2 fully saturated rings. The molecule has 0 aromatic carbocycles. The Bertz CT molecular complexity index is 275. The summed E-state index contributed by atoms with van der Waals surface area (Å²) in [6.07, 6.45) is 8.40. The van der Waals surface area contributed by atoms with E-state index in [-0.39, 0.29) is 18.2 Å². The quantitative estimate of drug-likeness (QED) is 0.811. The third-order valence-corrected chi connectivity index (χ3v) is 4.18. The molecule has 2 unspecified atom stereocenters. The Kier molecular flexibility index (Phi) is 4.87. The van der Waals surface area contributed by atoms with Crippen LogP contribution in [0.2, 0.25) is 0 Å². The molecular weight excluding hydrogens is 228 g/mol. The van der Waals surface area contributed by atoms with Gasteiger partial charge in [0, 0.05) is 18.6 Å². The molecule has 2 aliphatic rings. The van der Waals surface area contributed by atoms with Crippen molar-refractivity contribution in [3.8, 4) is 0 Å². The summed E-state index contributed by atoms with van der Waals surface area (Å²) >= 11 is 0. The third kappa shape index (κ3) is 3.61. The number of urea groups is 1. The Morgan fingerprint density at radius 1 is 1.28 bits per heavy atom. The second-order valence-electron chi connectivity index (χ2n) is 5.86. The predicted octanol–water partition coefficient (Wildman–Crippen LogP) is 2.26. The monoisotopic (exact) mass is 254 g/mol. The molecule has 1 aliphatic carbocycles. The minimum absolute atomic E-state index is 0.0900. The zero-order valence-electron chi connectivity index (χ0n) is 11.4. The van der Waals surface area contributed by atoms with Crippen molar-refractivity contribution >= 4 is 6.03 Å². The van der Waals surface area contributed by atoms with Gasteiger partial charge < -0.3 is 15.3 Å². The lowest BCUT2D eigenvalue weighted by atomic mass is 9.97. The van der Waals surface area contributed by atoms with Crippen LogP contribution in [0.15, 0.2) is 0 Å². The molecule has 18 heavy (non-hydrogen) atoms. The van der Waals surface area contributed by atoms with E-state index in [1.54, 1.807) is 0 Å². The number of piperidine rings is 1. The lowest BCUT2D eigenvalue weighted by molar-refractivity contribution is 0.101. The molecule has 2 rings (SSSR count). The number of hydrogen-bond donors (Lipinski definition) is 2. The van der Waals surface area contributed by atoms with Crippen molar-refractivity contribution in [3.05, 3.63) is 0 Å². The zero-order valence-corrected chi connectivity index (χ0v) is 11.4. The summed E-state index contributed by atoms with van der Waals surface area (Å²) in [4.78, 5) is 14.2. The highest BCUT2D eigenvalue weighted by atomic mass is 16.3. The van der Waals surface area contributed by atoms with Crippen LogP contribution in [-0.4, -0.2) is 40.8 Å². The number of nitrogens with zero attached hydrogens (tertiary/aromatic N) is 1. The predicted molar refractivity (Wildman–Crippen MR) is 71.4 cm³/mol. The fourth-order valence-corrected chi connectivity index (χ4v) is 3.23. The molecule has 1 saturated carbocycles. The van der Waals surface area contributed by atoms with E-state index in [0.29, 0.717) is 12.5 Å². The fraction of sp³-hybridized carbons (Fsp3) is 0.929. The molecule has 0 radical (unpaired) electrons. The minimum atomic E-state index is -0.324. The lowest BCUT2D eigenvalue weighted by Crippen LogP contribution is -2.51. The first-order valence-electron chi connectivity index (χ1n) is 7.42. The van der Waals surface area contributed by atoms with Crippen LogP contribution >= 0.6 is 0 Å². The van der Waals surface area contributed by atoms with Crippen molar-refractivity contribution < 1.29 is 9.90 Å². The summed E-state index contributed by atoms with van der Waals surface area (Å²) in [5.74, 6) is 0. The van der Waals surface area contributed by atoms with E-state index in [4.69, 9.17) is 0 Å². The van der Waals surface area contributed by atoms with Crippen LogP contribution < -0.4 is 5.32 Å². The van der Waals surface area contributed by atoms with Crippen LogP contribution in [0.4, 0.5) is 4.79 Å². The largest absolute Gasteiger partial charge is 0.393 e. The maximum atomic E-state index is 12.3. The number of carbonyl (C=O) groups excluding carboxylic acids is 1. The van der Waals surface area contributed by atoms with Crippen LogP contribution in [0.1, 0.15) is 58.3 Å². The number of aliphatic hydroxyl groups is 1. The number of likely N-dealkylation sites (tertiary alicyclic amines) is 1. The molecule has 2 N–H and O–H groups in total. The summed E-state index contributed by atoms with van der Waals surface area (Å²) < 4.78 is 0. The van der Waals surface area contributed by atoms with Gasteiger partial charge in [0.1, 0.15) is 0 Å². The molecule has 0 spiro atoms. The smallest absolute Gasteiger partial charge is 0.317 e. The van der Waals surface area contributed by atoms with Crippen LogP contribution in [0.5, 0.6) is 0 Å². The van der Waals surface area contributed by atoms with Crippen LogP contribution in [0.3, 0.4) is 0 Å². The summed E-state index contributed by atoms with van der Waals surface area (Å²) in [7, 11) is 0. The van der Waals surface area contributed by atoms with E-state index in [9.17, 15) is 9.90 Å². The molecule has 104 valence electrons. The number of nitrogens with one attached hydrogen (secondary N) is 1. The number of rotatable bonds is 3. The van der Waals surface area contributed by atoms with Gasteiger partial charge in [-0.3, -0.25) is 0 Å². The van der Waals surface area contributed by atoms with Crippen molar-refractivity contribution in [2.75, 3.05) is 6.54 Å². The van der Waals surface area contributed by atoms with Crippen LogP contribution in [-0.2, 0) is 0 Å². The Morgan fingerprint density at radius 3 is 2.61 bits per heavy atom. The number of aliphatic hydroxyl groups excluding tert-OH is 1. The number of hydrogen-bond acceptors (Lipinski definition) is 2. The molecule has 2 amide bonds. The average Bonchev–Trinajstić information content (AvgIpc) is 2.81. The van der Waals surface area contributed by atoms with Gasteiger partial charge in [-0.1, -0.05) is 12.8 Å². The maximum absolute atomic E-state index is 12.3. The van der Waals surface area contributed by atoms with Gasteiger partial charge in [-0.05, 0) is 45.4 Å². The second kappa shape index (κ2) is 6.41. The average molecular weight is 254 g/mol.